The summed E-state index contributed by atoms with van der Waals surface area (Å²) in [5.41, 5.74) is -0.246. The Kier molecular flexibility index (Phi) is 6.95. The average molecular weight is 425 g/mol. The number of esters is 1. The summed E-state index contributed by atoms with van der Waals surface area (Å²) in [5, 5.41) is 0. The molecule has 7 heteroatoms. The fourth-order valence-corrected chi connectivity index (χ4v) is 3.20. The van der Waals surface area contributed by atoms with Crippen molar-refractivity contribution in [2.24, 2.45) is 0 Å². The van der Waals surface area contributed by atoms with E-state index in [2.05, 4.69) is 0 Å². The molecule has 1 unspecified atom stereocenters. The molecule has 1 atom stereocenters. The lowest BCUT2D eigenvalue weighted by molar-refractivity contribution is -0.147. The first-order valence-corrected chi connectivity index (χ1v) is 10.3. The first-order chi connectivity index (χ1) is 14.7. The SMILES string of the molecule is CC(C)(C)OC(=O)N1CCCC1C(=O)OCC(=O)c1ccc(Oc2ccccc2)cc1. The predicted molar refractivity (Wildman–Crippen MR) is 114 cm³/mol. The molecular weight excluding hydrogens is 398 g/mol. The van der Waals surface area contributed by atoms with E-state index in [0.29, 0.717) is 36.4 Å². The van der Waals surface area contributed by atoms with Gasteiger partial charge in [-0.05, 0) is 70.0 Å². The van der Waals surface area contributed by atoms with Gasteiger partial charge in [0, 0.05) is 12.1 Å². The number of hydrogen-bond donors (Lipinski definition) is 0. The summed E-state index contributed by atoms with van der Waals surface area (Å²) in [6.07, 6.45) is 0.612. The Balaban J connectivity index is 1.52. The zero-order valence-electron chi connectivity index (χ0n) is 18.0. The van der Waals surface area contributed by atoms with Gasteiger partial charge < -0.3 is 14.2 Å². The molecular formula is C24H27NO6. The Bertz CT molecular complexity index is 917. The molecule has 2 aromatic carbocycles. The van der Waals surface area contributed by atoms with Gasteiger partial charge in [0.05, 0.1) is 0 Å². The van der Waals surface area contributed by atoms with Crippen LogP contribution >= 0.6 is 0 Å². The number of carbonyl (C=O) groups excluding carboxylic acids is 3. The van der Waals surface area contributed by atoms with Crippen molar-refractivity contribution in [3.05, 3.63) is 60.2 Å². The quantitative estimate of drug-likeness (QED) is 0.497. The van der Waals surface area contributed by atoms with Gasteiger partial charge in [0.2, 0.25) is 0 Å². The largest absolute Gasteiger partial charge is 0.457 e. The highest BCUT2D eigenvalue weighted by atomic mass is 16.6. The van der Waals surface area contributed by atoms with Gasteiger partial charge in [-0.1, -0.05) is 18.2 Å². The molecule has 2 aromatic rings. The number of ether oxygens (including phenoxy) is 3. The Morgan fingerprint density at radius 3 is 2.26 bits per heavy atom. The summed E-state index contributed by atoms with van der Waals surface area (Å²) >= 11 is 0. The van der Waals surface area contributed by atoms with Crippen molar-refractivity contribution in [2.75, 3.05) is 13.2 Å². The van der Waals surface area contributed by atoms with E-state index in [1.807, 2.05) is 30.3 Å². The third-order valence-electron chi connectivity index (χ3n) is 4.65. The molecule has 0 bridgehead atoms. The van der Waals surface area contributed by atoms with Gasteiger partial charge in [-0.2, -0.15) is 0 Å². The maximum Gasteiger partial charge on any atom is 0.411 e. The minimum absolute atomic E-state index is 0.332. The third-order valence-corrected chi connectivity index (χ3v) is 4.65. The lowest BCUT2D eigenvalue weighted by Gasteiger charge is -2.27. The van der Waals surface area contributed by atoms with E-state index in [9.17, 15) is 14.4 Å². The fraction of sp³-hybridized carbons (Fsp3) is 0.375. The van der Waals surface area contributed by atoms with Gasteiger partial charge in [-0.25, -0.2) is 9.59 Å². The van der Waals surface area contributed by atoms with Crippen molar-refractivity contribution in [1.82, 2.24) is 4.90 Å². The maximum absolute atomic E-state index is 12.5. The molecule has 3 rings (SSSR count). The van der Waals surface area contributed by atoms with E-state index in [-0.39, 0.29) is 5.78 Å². The molecule has 0 spiro atoms. The molecule has 1 aliphatic heterocycles. The van der Waals surface area contributed by atoms with Crippen LogP contribution in [-0.2, 0) is 14.3 Å². The monoisotopic (exact) mass is 425 g/mol. The number of Topliss-reactive ketones (excluding diaryl/α,β-unsaturated/α-hetero) is 1. The average Bonchev–Trinajstić information content (AvgIpc) is 3.22. The van der Waals surface area contributed by atoms with E-state index in [4.69, 9.17) is 14.2 Å². The van der Waals surface area contributed by atoms with Gasteiger partial charge in [-0.15, -0.1) is 0 Å². The number of carbonyl (C=O) groups is 3. The minimum atomic E-state index is -0.732. The molecule has 1 heterocycles. The van der Waals surface area contributed by atoms with Crippen LogP contribution in [0.1, 0.15) is 44.0 Å². The minimum Gasteiger partial charge on any atom is -0.457 e. The summed E-state index contributed by atoms with van der Waals surface area (Å²) in [4.78, 5) is 38.6. The molecule has 1 saturated heterocycles. The summed E-state index contributed by atoms with van der Waals surface area (Å²) < 4.78 is 16.3. The van der Waals surface area contributed by atoms with Gasteiger partial charge in [-0.3, -0.25) is 9.69 Å². The lowest BCUT2D eigenvalue weighted by Crippen LogP contribution is -2.44. The second kappa shape index (κ2) is 9.64. The van der Waals surface area contributed by atoms with Gasteiger partial charge in [0.15, 0.2) is 12.4 Å². The lowest BCUT2D eigenvalue weighted by atomic mass is 10.1. The molecule has 0 radical (unpaired) electrons. The van der Waals surface area contributed by atoms with Crippen molar-refractivity contribution < 1.29 is 28.6 Å². The number of benzene rings is 2. The Morgan fingerprint density at radius 1 is 0.968 bits per heavy atom. The Labute approximate surface area is 181 Å². The smallest absolute Gasteiger partial charge is 0.411 e. The van der Waals surface area contributed by atoms with Crippen LogP contribution in [0.3, 0.4) is 0 Å². The first-order valence-electron chi connectivity index (χ1n) is 10.3. The van der Waals surface area contributed by atoms with Crippen LogP contribution in [0, 0.1) is 0 Å². The van der Waals surface area contributed by atoms with Crippen molar-refractivity contribution in [2.45, 2.75) is 45.3 Å². The highest BCUT2D eigenvalue weighted by molar-refractivity contribution is 5.98. The molecule has 1 fully saturated rings. The molecule has 164 valence electrons. The van der Waals surface area contributed by atoms with E-state index < -0.39 is 30.3 Å². The topological polar surface area (TPSA) is 82.1 Å². The second-order valence-electron chi connectivity index (χ2n) is 8.30. The summed E-state index contributed by atoms with van der Waals surface area (Å²) in [6, 6.07) is 15.2. The van der Waals surface area contributed by atoms with Gasteiger partial charge in [0.25, 0.3) is 0 Å². The molecule has 0 saturated carbocycles. The van der Waals surface area contributed by atoms with Crippen LogP contribution in [0.25, 0.3) is 0 Å². The van der Waals surface area contributed by atoms with Crippen LogP contribution < -0.4 is 4.74 Å². The van der Waals surface area contributed by atoms with Crippen LogP contribution in [-0.4, -0.2) is 47.5 Å². The molecule has 1 amide bonds. The van der Waals surface area contributed by atoms with E-state index in [1.165, 1.54) is 4.90 Å². The summed E-state index contributed by atoms with van der Waals surface area (Å²) in [6.45, 7) is 5.33. The van der Waals surface area contributed by atoms with Gasteiger partial charge in [0.1, 0.15) is 23.1 Å². The number of nitrogens with zero attached hydrogens (tertiary/aromatic N) is 1. The van der Waals surface area contributed by atoms with E-state index >= 15 is 0 Å². The summed E-state index contributed by atoms with van der Waals surface area (Å²) in [5.74, 6) is 0.363. The molecule has 0 aliphatic carbocycles. The molecule has 0 aromatic heterocycles. The fourth-order valence-electron chi connectivity index (χ4n) is 3.20. The highest BCUT2D eigenvalue weighted by Crippen LogP contribution is 2.23. The van der Waals surface area contributed by atoms with Crippen LogP contribution in [0.2, 0.25) is 0 Å². The standard InChI is InChI=1S/C24H27NO6/c1-24(2,3)31-23(28)25-15-7-10-20(25)22(27)29-16-21(26)17-11-13-19(14-12-17)30-18-8-5-4-6-9-18/h4-6,8-9,11-14,20H,7,10,15-16H2,1-3H3. The molecule has 0 N–H and O–H groups in total. The van der Waals surface area contributed by atoms with Crippen LogP contribution in [0.4, 0.5) is 4.79 Å². The number of para-hydroxylation sites is 1. The van der Waals surface area contributed by atoms with Crippen molar-refractivity contribution in [3.8, 4) is 11.5 Å². The number of likely N-dealkylation sites (tertiary alicyclic amines) is 1. The molecule has 1 aliphatic rings. The van der Waals surface area contributed by atoms with Crippen molar-refractivity contribution >= 4 is 17.8 Å². The number of hydrogen-bond acceptors (Lipinski definition) is 6. The Morgan fingerprint density at radius 2 is 1.61 bits per heavy atom. The zero-order chi connectivity index (χ0) is 22.4. The highest BCUT2D eigenvalue weighted by Gasteiger charge is 2.37. The number of ketones is 1. The van der Waals surface area contributed by atoms with Gasteiger partial charge >= 0.3 is 12.1 Å². The van der Waals surface area contributed by atoms with Crippen LogP contribution in [0.15, 0.2) is 54.6 Å². The predicted octanol–water partition coefficient (Wildman–Crippen LogP) is 4.60. The Hall–Kier alpha value is -3.35. The normalized spacial score (nSPS) is 16.0. The van der Waals surface area contributed by atoms with Crippen molar-refractivity contribution in [3.63, 3.8) is 0 Å². The maximum atomic E-state index is 12.5. The van der Waals surface area contributed by atoms with E-state index in [1.54, 1.807) is 45.0 Å². The molecule has 31 heavy (non-hydrogen) atoms. The number of amides is 1. The number of rotatable bonds is 6. The first kappa shape index (κ1) is 22.3. The summed E-state index contributed by atoms with van der Waals surface area (Å²) in [7, 11) is 0. The zero-order valence-corrected chi connectivity index (χ0v) is 18.0. The second-order valence-corrected chi connectivity index (χ2v) is 8.30. The molecule has 7 nitrogen and oxygen atoms in total. The third kappa shape index (κ3) is 6.31. The van der Waals surface area contributed by atoms with E-state index in [0.717, 1.165) is 0 Å². The van der Waals surface area contributed by atoms with Crippen LogP contribution in [0.5, 0.6) is 11.5 Å². The van der Waals surface area contributed by atoms with Crippen molar-refractivity contribution in [1.29, 1.82) is 0 Å².